The Hall–Kier alpha value is -4.27. The lowest BCUT2D eigenvalue weighted by molar-refractivity contribution is 0.413. The lowest BCUT2D eigenvalue weighted by atomic mass is 10.1. The summed E-state index contributed by atoms with van der Waals surface area (Å²) in [5.41, 5.74) is 3.14. The maximum Gasteiger partial charge on any atom is 0.312 e. The highest BCUT2D eigenvalue weighted by Gasteiger charge is 2.19. The van der Waals surface area contributed by atoms with Gasteiger partial charge in [-0.1, -0.05) is 12.1 Å². The molecule has 1 atom stereocenters. The number of hydrogen-bond donors (Lipinski definition) is 0. The van der Waals surface area contributed by atoms with Gasteiger partial charge in [-0.25, -0.2) is 19.0 Å². The molecule has 0 radical (unpaired) electrons. The summed E-state index contributed by atoms with van der Waals surface area (Å²) in [7, 11) is 1.58. The molecule has 0 aliphatic heterocycles. The number of rotatable bonds is 5. The quantitative estimate of drug-likeness (QED) is 0.401. The summed E-state index contributed by atoms with van der Waals surface area (Å²) < 4.78 is 27.8. The maximum atomic E-state index is 13.3. The van der Waals surface area contributed by atoms with Gasteiger partial charge in [0.2, 0.25) is 11.5 Å². The molecule has 0 saturated carbocycles. The summed E-state index contributed by atoms with van der Waals surface area (Å²) in [4.78, 5) is 21.8. The van der Waals surface area contributed by atoms with Crippen molar-refractivity contribution in [2.45, 2.75) is 19.9 Å². The third-order valence-corrected chi connectivity index (χ3v) is 5.50. The lowest BCUT2D eigenvalue weighted by Crippen LogP contribution is -2.26. The van der Waals surface area contributed by atoms with Crippen molar-refractivity contribution >= 4 is 11.1 Å². The second-order valence-electron chi connectivity index (χ2n) is 7.66. The van der Waals surface area contributed by atoms with E-state index in [0.29, 0.717) is 16.8 Å². The summed E-state index contributed by atoms with van der Waals surface area (Å²) in [5.74, 6) is 0.543. The van der Waals surface area contributed by atoms with E-state index in [1.807, 2.05) is 36.7 Å². The molecular formula is C24H20FN5O3. The molecule has 0 aliphatic carbocycles. The first-order chi connectivity index (χ1) is 15.9. The molecule has 166 valence electrons. The molecule has 5 aromatic rings. The van der Waals surface area contributed by atoms with Crippen LogP contribution in [0.5, 0.6) is 5.75 Å². The number of nitrogens with zero attached hydrogens (tertiary/aromatic N) is 5. The van der Waals surface area contributed by atoms with Crippen LogP contribution >= 0.6 is 0 Å². The van der Waals surface area contributed by atoms with Crippen LogP contribution in [-0.2, 0) is 0 Å². The molecule has 0 bridgehead atoms. The number of aryl methyl sites for hydroxylation is 1. The molecule has 5 rings (SSSR count). The van der Waals surface area contributed by atoms with Gasteiger partial charge in [0.25, 0.3) is 0 Å². The fourth-order valence-electron chi connectivity index (χ4n) is 3.70. The standard InChI is InChI=1S/C24H20FN5O3/c1-14-12-29(13-26-14)20-9-6-17(10-21(20)32-3)23-28-19-11-27-30(24(31)22(19)33-23)15(2)16-4-7-18(25)8-5-16/h4-13,15H,1-3H3. The van der Waals surface area contributed by atoms with Gasteiger partial charge in [0.15, 0.2) is 0 Å². The van der Waals surface area contributed by atoms with Gasteiger partial charge in [0.05, 0.1) is 37.1 Å². The Labute approximate surface area is 187 Å². The molecule has 3 heterocycles. The number of oxazole rings is 1. The van der Waals surface area contributed by atoms with Crippen molar-refractivity contribution in [3.05, 3.63) is 88.6 Å². The van der Waals surface area contributed by atoms with Gasteiger partial charge < -0.3 is 13.7 Å². The molecule has 0 N–H and O–H groups in total. The molecule has 3 aromatic heterocycles. The van der Waals surface area contributed by atoms with Crippen LogP contribution in [-0.4, -0.2) is 31.4 Å². The van der Waals surface area contributed by atoms with Gasteiger partial charge in [0.1, 0.15) is 17.1 Å². The average Bonchev–Trinajstić information content (AvgIpc) is 3.46. The summed E-state index contributed by atoms with van der Waals surface area (Å²) in [6.45, 7) is 3.72. The number of imidazole rings is 1. The van der Waals surface area contributed by atoms with Gasteiger partial charge in [-0.15, -0.1) is 0 Å². The predicted molar refractivity (Wildman–Crippen MR) is 120 cm³/mol. The minimum atomic E-state index is -0.416. The van der Waals surface area contributed by atoms with Crippen LogP contribution in [0.15, 0.2) is 70.4 Å². The van der Waals surface area contributed by atoms with E-state index in [1.165, 1.54) is 23.0 Å². The molecule has 33 heavy (non-hydrogen) atoms. The second kappa shape index (κ2) is 8.01. The Morgan fingerprint density at radius 2 is 1.94 bits per heavy atom. The summed E-state index contributed by atoms with van der Waals surface area (Å²) >= 11 is 0. The van der Waals surface area contributed by atoms with Crippen LogP contribution < -0.4 is 10.3 Å². The van der Waals surface area contributed by atoms with Crippen LogP contribution in [0.1, 0.15) is 24.2 Å². The Kier molecular flexibility index (Phi) is 5.01. The van der Waals surface area contributed by atoms with Crippen LogP contribution in [0.3, 0.4) is 0 Å². The number of halogens is 1. The first-order valence-electron chi connectivity index (χ1n) is 10.3. The topological polar surface area (TPSA) is 88.0 Å². The van der Waals surface area contributed by atoms with Gasteiger partial charge in [-0.3, -0.25) is 4.79 Å². The largest absolute Gasteiger partial charge is 0.495 e. The Morgan fingerprint density at radius 3 is 2.64 bits per heavy atom. The molecular weight excluding hydrogens is 425 g/mol. The predicted octanol–water partition coefficient (Wildman–Crippen LogP) is 4.30. The molecule has 0 fully saturated rings. The van der Waals surface area contributed by atoms with E-state index in [9.17, 15) is 9.18 Å². The lowest BCUT2D eigenvalue weighted by Gasteiger charge is -2.13. The van der Waals surface area contributed by atoms with Gasteiger partial charge in [-0.05, 0) is 49.7 Å². The molecule has 0 saturated heterocycles. The Bertz CT molecular complexity index is 1520. The van der Waals surface area contributed by atoms with E-state index in [4.69, 9.17) is 9.15 Å². The van der Waals surface area contributed by atoms with E-state index < -0.39 is 11.6 Å². The van der Waals surface area contributed by atoms with Crippen molar-refractivity contribution in [2.24, 2.45) is 0 Å². The monoisotopic (exact) mass is 445 g/mol. The van der Waals surface area contributed by atoms with Crippen molar-refractivity contribution < 1.29 is 13.5 Å². The van der Waals surface area contributed by atoms with E-state index >= 15 is 0 Å². The molecule has 0 spiro atoms. The second-order valence-corrected chi connectivity index (χ2v) is 7.66. The van der Waals surface area contributed by atoms with E-state index in [1.54, 1.807) is 31.6 Å². The van der Waals surface area contributed by atoms with Gasteiger partial charge >= 0.3 is 5.56 Å². The molecule has 2 aromatic carbocycles. The zero-order chi connectivity index (χ0) is 23.1. The normalized spacial score (nSPS) is 12.2. The Morgan fingerprint density at radius 1 is 1.15 bits per heavy atom. The third kappa shape index (κ3) is 3.67. The molecule has 9 heteroatoms. The van der Waals surface area contributed by atoms with Gasteiger partial charge in [0, 0.05) is 11.8 Å². The van der Waals surface area contributed by atoms with Crippen LogP contribution in [0.25, 0.3) is 28.2 Å². The highest BCUT2D eigenvalue weighted by molar-refractivity contribution is 5.75. The molecule has 0 amide bonds. The summed E-state index contributed by atoms with van der Waals surface area (Å²) in [6, 6.07) is 11.0. The SMILES string of the molecule is COc1cc(-c2nc3cnn(C(C)c4ccc(F)cc4)c(=O)c3o2)ccc1-n1cnc(C)c1. The maximum absolute atomic E-state index is 13.3. The number of ether oxygens (including phenoxy) is 1. The Balaban J connectivity index is 1.54. The third-order valence-electron chi connectivity index (χ3n) is 5.50. The molecule has 0 aliphatic rings. The van der Waals surface area contributed by atoms with Crippen LogP contribution in [0.4, 0.5) is 4.39 Å². The smallest absolute Gasteiger partial charge is 0.312 e. The number of fused-ring (bicyclic) bond motifs is 1. The van der Waals surface area contributed by atoms with Crippen molar-refractivity contribution in [1.82, 2.24) is 24.3 Å². The minimum Gasteiger partial charge on any atom is -0.495 e. The number of methoxy groups -OCH3 is 1. The van der Waals surface area contributed by atoms with Gasteiger partial charge in [-0.2, -0.15) is 5.10 Å². The van der Waals surface area contributed by atoms with Crippen molar-refractivity contribution in [3.8, 4) is 22.9 Å². The van der Waals surface area contributed by atoms with Crippen LogP contribution in [0.2, 0.25) is 0 Å². The van der Waals surface area contributed by atoms with Crippen LogP contribution in [0, 0.1) is 12.7 Å². The highest BCUT2D eigenvalue weighted by atomic mass is 19.1. The minimum absolute atomic E-state index is 0.0993. The van der Waals surface area contributed by atoms with Crippen molar-refractivity contribution in [3.63, 3.8) is 0 Å². The zero-order valence-electron chi connectivity index (χ0n) is 18.2. The van der Waals surface area contributed by atoms with Crippen molar-refractivity contribution in [2.75, 3.05) is 7.11 Å². The number of hydrogen-bond acceptors (Lipinski definition) is 6. The molecule has 1 unspecified atom stereocenters. The van der Waals surface area contributed by atoms with Crippen molar-refractivity contribution in [1.29, 1.82) is 0 Å². The average molecular weight is 445 g/mol. The van der Waals surface area contributed by atoms with E-state index in [0.717, 1.165) is 16.9 Å². The van der Waals surface area contributed by atoms with E-state index in [-0.39, 0.29) is 17.3 Å². The first kappa shape index (κ1) is 20.6. The first-order valence-corrected chi connectivity index (χ1v) is 10.3. The highest BCUT2D eigenvalue weighted by Crippen LogP contribution is 2.30. The zero-order valence-corrected chi connectivity index (χ0v) is 18.2. The fraction of sp³-hybridized carbons (Fsp3) is 0.167. The summed E-state index contributed by atoms with van der Waals surface area (Å²) in [6.07, 6.45) is 5.10. The number of aromatic nitrogens is 5. The number of benzene rings is 2. The summed E-state index contributed by atoms with van der Waals surface area (Å²) in [5, 5.41) is 4.25. The van der Waals surface area contributed by atoms with E-state index in [2.05, 4.69) is 15.1 Å². The molecule has 8 nitrogen and oxygen atoms in total. The fourth-order valence-corrected chi connectivity index (χ4v) is 3.70.